The summed E-state index contributed by atoms with van der Waals surface area (Å²) in [7, 11) is -2.12. The molecule has 1 unspecified atom stereocenters. The number of ether oxygens (including phenoxy) is 1. The van der Waals surface area contributed by atoms with Crippen LogP contribution in [0.2, 0.25) is 0 Å². The van der Waals surface area contributed by atoms with Crippen LogP contribution in [0.15, 0.2) is 9.31 Å². The van der Waals surface area contributed by atoms with Crippen LogP contribution < -0.4 is 4.72 Å². The van der Waals surface area contributed by atoms with Gasteiger partial charge in [-0.3, -0.25) is 0 Å². The number of nitrogens with one attached hydrogen (secondary N) is 1. The van der Waals surface area contributed by atoms with Gasteiger partial charge in [0.2, 0.25) is 10.0 Å². The van der Waals surface area contributed by atoms with Crippen LogP contribution in [0.3, 0.4) is 0 Å². The summed E-state index contributed by atoms with van der Waals surface area (Å²) in [6.07, 6.45) is 0. The van der Waals surface area contributed by atoms with E-state index in [2.05, 4.69) is 4.72 Å². The molecule has 1 aromatic heterocycles. The predicted molar refractivity (Wildman–Crippen MR) is 70.3 cm³/mol. The Morgan fingerprint density at radius 2 is 2.00 bits per heavy atom. The van der Waals surface area contributed by atoms with E-state index in [4.69, 9.17) is 9.15 Å². The van der Waals surface area contributed by atoms with Crippen molar-refractivity contribution in [2.45, 2.75) is 32.3 Å². The van der Waals surface area contributed by atoms with Crippen molar-refractivity contribution in [1.82, 2.24) is 4.72 Å². The first-order valence-corrected chi connectivity index (χ1v) is 7.50. The summed E-state index contributed by atoms with van der Waals surface area (Å²) in [6, 6.07) is 0. The second-order valence-corrected chi connectivity index (χ2v) is 6.30. The lowest BCUT2D eigenvalue weighted by atomic mass is 10.2. The molecule has 0 radical (unpaired) electrons. The van der Waals surface area contributed by atoms with Gasteiger partial charge in [0.05, 0.1) is 6.61 Å². The molecule has 110 valence electrons. The van der Waals surface area contributed by atoms with Crippen LogP contribution in [0.1, 0.15) is 24.0 Å². The van der Waals surface area contributed by atoms with Crippen LogP contribution in [0.4, 0.5) is 0 Å². The highest BCUT2D eigenvalue weighted by Crippen LogP contribution is 2.26. The first kappa shape index (κ1) is 16.2. The number of aliphatic hydroxyl groups is 1. The minimum Gasteiger partial charge on any atom is -0.465 e. The van der Waals surface area contributed by atoms with Gasteiger partial charge in [-0.2, -0.15) is 0 Å². The fraction of sp³-hybridized carbons (Fsp3) is 0.667. The van der Waals surface area contributed by atoms with Gasteiger partial charge in [-0.15, -0.1) is 0 Å². The van der Waals surface area contributed by atoms with E-state index >= 15 is 0 Å². The van der Waals surface area contributed by atoms with Crippen molar-refractivity contribution in [1.29, 1.82) is 0 Å². The second kappa shape index (κ2) is 6.51. The zero-order valence-corrected chi connectivity index (χ0v) is 12.5. The number of rotatable bonds is 7. The maximum absolute atomic E-state index is 12.2. The smallest absolute Gasteiger partial charge is 0.244 e. The average molecular weight is 291 g/mol. The monoisotopic (exact) mass is 291 g/mol. The Balaban J connectivity index is 2.95. The molecule has 19 heavy (non-hydrogen) atoms. The van der Waals surface area contributed by atoms with Crippen molar-refractivity contribution in [3.05, 3.63) is 17.1 Å². The molecule has 0 bridgehead atoms. The summed E-state index contributed by atoms with van der Waals surface area (Å²) in [6.45, 7) is 5.45. The number of aryl methyl sites for hydroxylation is 2. The Morgan fingerprint density at radius 3 is 2.53 bits per heavy atom. The van der Waals surface area contributed by atoms with Crippen LogP contribution in [0.25, 0.3) is 0 Å². The van der Waals surface area contributed by atoms with E-state index in [0.29, 0.717) is 17.9 Å². The number of furan rings is 1. The third kappa shape index (κ3) is 3.79. The van der Waals surface area contributed by atoms with Crippen LogP contribution in [0.5, 0.6) is 0 Å². The van der Waals surface area contributed by atoms with Crippen LogP contribution in [0, 0.1) is 19.8 Å². The highest BCUT2D eigenvalue weighted by molar-refractivity contribution is 7.89. The molecule has 0 aromatic carbocycles. The van der Waals surface area contributed by atoms with Crippen LogP contribution in [-0.2, 0) is 21.4 Å². The summed E-state index contributed by atoms with van der Waals surface area (Å²) in [4.78, 5) is 0.0390. The fourth-order valence-electron chi connectivity index (χ4n) is 1.91. The van der Waals surface area contributed by atoms with E-state index < -0.39 is 10.0 Å². The van der Waals surface area contributed by atoms with Crippen LogP contribution >= 0.6 is 0 Å². The van der Waals surface area contributed by atoms with Crippen molar-refractivity contribution in [3.63, 3.8) is 0 Å². The number of aliphatic hydroxyl groups excluding tert-OH is 1. The van der Waals surface area contributed by atoms with Gasteiger partial charge in [-0.25, -0.2) is 13.1 Å². The van der Waals surface area contributed by atoms with Crippen molar-refractivity contribution in [2.24, 2.45) is 5.92 Å². The van der Waals surface area contributed by atoms with Crippen molar-refractivity contribution < 1.29 is 22.7 Å². The second-order valence-electron chi connectivity index (χ2n) is 4.59. The topological polar surface area (TPSA) is 88.8 Å². The highest BCUT2D eigenvalue weighted by Gasteiger charge is 2.26. The van der Waals surface area contributed by atoms with Gasteiger partial charge in [0.15, 0.2) is 0 Å². The molecule has 0 amide bonds. The molecule has 1 rings (SSSR count). The lowest BCUT2D eigenvalue weighted by Crippen LogP contribution is -2.30. The molecule has 1 heterocycles. The van der Waals surface area contributed by atoms with Crippen molar-refractivity contribution in [3.8, 4) is 0 Å². The molecule has 0 spiro atoms. The third-order valence-electron chi connectivity index (χ3n) is 2.82. The molecule has 7 heteroatoms. The zero-order valence-electron chi connectivity index (χ0n) is 11.7. The normalized spacial score (nSPS) is 13.7. The first-order valence-electron chi connectivity index (χ1n) is 6.01. The lowest BCUT2D eigenvalue weighted by Gasteiger charge is -2.12. The number of hydrogen-bond donors (Lipinski definition) is 2. The van der Waals surface area contributed by atoms with E-state index in [1.165, 1.54) is 0 Å². The molecular weight excluding hydrogens is 270 g/mol. The summed E-state index contributed by atoms with van der Waals surface area (Å²) >= 11 is 0. The number of methoxy groups -OCH3 is 1. The van der Waals surface area contributed by atoms with E-state index in [1.54, 1.807) is 21.0 Å². The molecule has 1 aromatic rings. The molecule has 0 aliphatic heterocycles. The first-order chi connectivity index (χ1) is 8.83. The molecule has 0 fully saturated rings. The SMILES string of the molecule is COCC(C)CNS(=O)(=O)c1c(C)oc(C)c1CO. The molecule has 6 nitrogen and oxygen atoms in total. The van der Waals surface area contributed by atoms with Gasteiger partial charge in [-0.05, 0) is 19.8 Å². The summed E-state index contributed by atoms with van der Waals surface area (Å²) in [5.41, 5.74) is 0.310. The highest BCUT2D eigenvalue weighted by atomic mass is 32.2. The van der Waals surface area contributed by atoms with Gasteiger partial charge >= 0.3 is 0 Å². The maximum Gasteiger partial charge on any atom is 0.244 e. The van der Waals surface area contributed by atoms with Gasteiger partial charge in [0.25, 0.3) is 0 Å². The predicted octanol–water partition coefficient (Wildman–Crippen LogP) is 0.950. The summed E-state index contributed by atoms with van der Waals surface area (Å²) < 4.78 is 37.2. The van der Waals surface area contributed by atoms with E-state index in [-0.39, 0.29) is 29.7 Å². The Hall–Kier alpha value is -0.890. The molecule has 0 aliphatic rings. The number of sulfonamides is 1. The van der Waals surface area contributed by atoms with Crippen molar-refractivity contribution >= 4 is 10.0 Å². The minimum atomic E-state index is -3.69. The van der Waals surface area contributed by atoms with Gasteiger partial charge in [0.1, 0.15) is 16.4 Å². The van der Waals surface area contributed by atoms with Crippen molar-refractivity contribution in [2.75, 3.05) is 20.3 Å². The molecule has 0 saturated heterocycles. The number of hydrogen-bond acceptors (Lipinski definition) is 5. The van der Waals surface area contributed by atoms with Gasteiger partial charge in [0, 0.05) is 25.8 Å². The molecule has 0 saturated carbocycles. The van der Waals surface area contributed by atoms with E-state index in [0.717, 1.165) is 0 Å². The Labute approximate surface area is 113 Å². The average Bonchev–Trinajstić information content (AvgIpc) is 2.62. The van der Waals surface area contributed by atoms with E-state index in [9.17, 15) is 13.5 Å². The Morgan fingerprint density at radius 1 is 1.37 bits per heavy atom. The summed E-state index contributed by atoms with van der Waals surface area (Å²) in [5.74, 6) is 0.768. The fourth-order valence-corrected chi connectivity index (χ4v) is 3.51. The molecule has 1 atom stereocenters. The minimum absolute atomic E-state index is 0.0390. The Bertz CT molecular complexity index is 520. The summed E-state index contributed by atoms with van der Waals surface area (Å²) in [5, 5.41) is 9.27. The lowest BCUT2D eigenvalue weighted by molar-refractivity contribution is 0.161. The quantitative estimate of drug-likeness (QED) is 0.781. The Kier molecular flexibility index (Phi) is 5.54. The van der Waals surface area contributed by atoms with Gasteiger partial charge in [-0.1, -0.05) is 6.92 Å². The van der Waals surface area contributed by atoms with Crippen LogP contribution in [-0.4, -0.2) is 33.8 Å². The standard InChI is InChI=1S/C12H21NO5S/c1-8(7-17-4)5-13-19(15,16)12-10(3)18-9(2)11(12)6-14/h8,13-14H,5-7H2,1-4H3. The molecular formula is C12H21NO5S. The maximum atomic E-state index is 12.2. The van der Waals surface area contributed by atoms with E-state index in [1.807, 2.05) is 6.92 Å². The molecule has 0 aliphatic carbocycles. The zero-order chi connectivity index (χ0) is 14.6. The largest absolute Gasteiger partial charge is 0.465 e. The van der Waals surface area contributed by atoms with Gasteiger partial charge < -0.3 is 14.3 Å². The molecule has 2 N–H and O–H groups in total. The third-order valence-corrected chi connectivity index (χ3v) is 4.44.